The number of halogens is 1. The van der Waals surface area contributed by atoms with Crippen molar-refractivity contribution in [1.82, 2.24) is 5.32 Å². The SMILES string of the molecule is CC1CCC(NCCSc2cccc(Cl)c2)CC1. The number of rotatable bonds is 5. The summed E-state index contributed by atoms with van der Waals surface area (Å²) in [7, 11) is 0. The topological polar surface area (TPSA) is 12.0 Å². The van der Waals surface area contributed by atoms with Crippen LogP contribution in [0, 0.1) is 5.92 Å². The van der Waals surface area contributed by atoms with Gasteiger partial charge in [-0.15, -0.1) is 11.8 Å². The van der Waals surface area contributed by atoms with Gasteiger partial charge in [-0.05, 0) is 49.8 Å². The first-order valence-corrected chi connectivity index (χ1v) is 8.22. The van der Waals surface area contributed by atoms with Crippen molar-refractivity contribution < 1.29 is 0 Å². The van der Waals surface area contributed by atoms with Gasteiger partial charge in [0.2, 0.25) is 0 Å². The van der Waals surface area contributed by atoms with Crippen molar-refractivity contribution in [2.45, 2.75) is 43.5 Å². The fraction of sp³-hybridized carbons (Fsp3) is 0.600. The molecule has 1 saturated carbocycles. The highest BCUT2D eigenvalue weighted by atomic mass is 35.5. The molecule has 2 rings (SSSR count). The number of nitrogens with one attached hydrogen (secondary N) is 1. The predicted molar refractivity (Wildman–Crippen MR) is 81.6 cm³/mol. The molecule has 1 aliphatic rings. The molecule has 0 atom stereocenters. The fourth-order valence-corrected chi connectivity index (χ4v) is 3.55. The normalized spacial score (nSPS) is 24.1. The zero-order valence-electron chi connectivity index (χ0n) is 11.0. The van der Waals surface area contributed by atoms with Crippen molar-refractivity contribution >= 4 is 23.4 Å². The summed E-state index contributed by atoms with van der Waals surface area (Å²) < 4.78 is 0. The maximum absolute atomic E-state index is 5.96. The molecule has 0 saturated heterocycles. The molecule has 0 heterocycles. The Balaban J connectivity index is 1.61. The van der Waals surface area contributed by atoms with E-state index >= 15 is 0 Å². The smallest absolute Gasteiger partial charge is 0.0417 e. The van der Waals surface area contributed by atoms with Crippen LogP contribution in [0.5, 0.6) is 0 Å². The Labute approximate surface area is 120 Å². The van der Waals surface area contributed by atoms with Crippen LogP contribution < -0.4 is 5.32 Å². The zero-order valence-corrected chi connectivity index (χ0v) is 12.6. The Bertz CT molecular complexity index is 361. The molecule has 0 amide bonds. The van der Waals surface area contributed by atoms with Gasteiger partial charge in [0.1, 0.15) is 0 Å². The van der Waals surface area contributed by atoms with Crippen molar-refractivity contribution in [1.29, 1.82) is 0 Å². The second kappa shape index (κ2) is 7.42. The molecule has 1 N–H and O–H groups in total. The summed E-state index contributed by atoms with van der Waals surface area (Å²) in [4.78, 5) is 1.27. The van der Waals surface area contributed by atoms with Gasteiger partial charge < -0.3 is 5.32 Å². The lowest BCUT2D eigenvalue weighted by atomic mass is 9.87. The monoisotopic (exact) mass is 283 g/mol. The third-order valence-electron chi connectivity index (χ3n) is 3.62. The molecule has 1 aromatic rings. The van der Waals surface area contributed by atoms with Crippen LogP contribution in [0.1, 0.15) is 32.6 Å². The van der Waals surface area contributed by atoms with E-state index in [-0.39, 0.29) is 0 Å². The lowest BCUT2D eigenvalue weighted by Crippen LogP contribution is -2.34. The van der Waals surface area contributed by atoms with Crippen LogP contribution in [0.15, 0.2) is 29.2 Å². The van der Waals surface area contributed by atoms with E-state index in [0.29, 0.717) is 0 Å². The van der Waals surface area contributed by atoms with Crippen molar-refractivity contribution in [2.24, 2.45) is 5.92 Å². The van der Waals surface area contributed by atoms with Crippen LogP contribution >= 0.6 is 23.4 Å². The van der Waals surface area contributed by atoms with Gasteiger partial charge in [-0.1, -0.05) is 24.6 Å². The molecule has 1 aliphatic carbocycles. The van der Waals surface area contributed by atoms with Gasteiger partial charge in [0.25, 0.3) is 0 Å². The average molecular weight is 284 g/mol. The predicted octanol–water partition coefficient (Wildman–Crippen LogP) is 4.60. The molecule has 0 aliphatic heterocycles. The van der Waals surface area contributed by atoms with Crippen LogP contribution in [0.4, 0.5) is 0 Å². The summed E-state index contributed by atoms with van der Waals surface area (Å²) in [6, 6.07) is 8.85. The number of hydrogen-bond donors (Lipinski definition) is 1. The molecule has 18 heavy (non-hydrogen) atoms. The summed E-state index contributed by atoms with van der Waals surface area (Å²) >= 11 is 7.84. The van der Waals surface area contributed by atoms with Gasteiger partial charge in [-0.3, -0.25) is 0 Å². The van der Waals surface area contributed by atoms with Crippen LogP contribution in [-0.4, -0.2) is 18.3 Å². The second-order valence-electron chi connectivity index (χ2n) is 5.22. The molecule has 0 spiro atoms. The van der Waals surface area contributed by atoms with E-state index in [0.717, 1.165) is 29.3 Å². The van der Waals surface area contributed by atoms with Gasteiger partial charge in [-0.25, -0.2) is 0 Å². The standard InChI is InChI=1S/C15H22ClNS/c1-12-5-7-14(8-6-12)17-9-10-18-15-4-2-3-13(16)11-15/h2-4,11-12,14,17H,5-10H2,1H3. The molecule has 0 aromatic heterocycles. The van der Waals surface area contributed by atoms with Crippen molar-refractivity contribution in [3.05, 3.63) is 29.3 Å². The summed E-state index contributed by atoms with van der Waals surface area (Å²) in [6.45, 7) is 3.46. The van der Waals surface area contributed by atoms with Crippen LogP contribution in [-0.2, 0) is 0 Å². The van der Waals surface area contributed by atoms with E-state index in [1.54, 1.807) is 0 Å². The molecule has 0 unspecified atom stereocenters. The Morgan fingerprint density at radius 1 is 1.28 bits per heavy atom. The Morgan fingerprint density at radius 3 is 2.78 bits per heavy atom. The minimum absolute atomic E-state index is 0.751. The van der Waals surface area contributed by atoms with E-state index in [2.05, 4.69) is 18.3 Å². The first-order valence-electron chi connectivity index (χ1n) is 6.86. The quantitative estimate of drug-likeness (QED) is 0.626. The van der Waals surface area contributed by atoms with Gasteiger partial charge in [0, 0.05) is 28.3 Å². The number of hydrogen-bond acceptors (Lipinski definition) is 2. The van der Waals surface area contributed by atoms with Gasteiger partial charge >= 0.3 is 0 Å². The summed E-state index contributed by atoms with van der Waals surface area (Å²) in [5.74, 6) is 2.05. The van der Waals surface area contributed by atoms with Crippen molar-refractivity contribution in [3.8, 4) is 0 Å². The lowest BCUT2D eigenvalue weighted by Gasteiger charge is -2.26. The molecule has 1 nitrogen and oxygen atoms in total. The second-order valence-corrected chi connectivity index (χ2v) is 6.82. The van der Waals surface area contributed by atoms with E-state index in [4.69, 9.17) is 11.6 Å². The number of thioether (sulfide) groups is 1. The highest BCUT2D eigenvalue weighted by Gasteiger charge is 2.16. The average Bonchev–Trinajstić information content (AvgIpc) is 2.37. The Kier molecular flexibility index (Phi) is 5.87. The minimum atomic E-state index is 0.751. The third-order valence-corrected chi connectivity index (χ3v) is 4.85. The molecule has 1 aromatic carbocycles. The minimum Gasteiger partial charge on any atom is -0.313 e. The maximum Gasteiger partial charge on any atom is 0.0417 e. The Morgan fingerprint density at radius 2 is 2.06 bits per heavy atom. The molecule has 100 valence electrons. The van der Waals surface area contributed by atoms with E-state index in [1.807, 2.05) is 30.0 Å². The molecular weight excluding hydrogens is 262 g/mol. The third kappa shape index (κ3) is 4.83. The highest BCUT2D eigenvalue weighted by molar-refractivity contribution is 7.99. The highest BCUT2D eigenvalue weighted by Crippen LogP contribution is 2.24. The van der Waals surface area contributed by atoms with Gasteiger partial charge in [0.15, 0.2) is 0 Å². The molecule has 0 radical (unpaired) electrons. The van der Waals surface area contributed by atoms with Crippen molar-refractivity contribution in [3.63, 3.8) is 0 Å². The fourth-order valence-electron chi connectivity index (χ4n) is 2.45. The van der Waals surface area contributed by atoms with Crippen LogP contribution in [0.2, 0.25) is 5.02 Å². The van der Waals surface area contributed by atoms with E-state index in [1.165, 1.54) is 30.6 Å². The van der Waals surface area contributed by atoms with Crippen LogP contribution in [0.3, 0.4) is 0 Å². The zero-order chi connectivity index (χ0) is 12.8. The summed E-state index contributed by atoms with van der Waals surface area (Å²) in [5, 5.41) is 4.50. The van der Waals surface area contributed by atoms with Crippen molar-refractivity contribution in [2.75, 3.05) is 12.3 Å². The first kappa shape index (κ1) is 14.2. The van der Waals surface area contributed by atoms with Gasteiger partial charge in [-0.2, -0.15) is 0 Å². The molecule has 1 fully saturated rings. The summed E-state index contributed by atoms with van der Waals surface area (Å²) in [6.07, 6.45) is 5.48. The summed E-state index contributed by atoms with van der Waals surface area (Å²) in [5.41, 5.74) is 0. The number of benzene rings is 1. The van der Waals surface area contributed by atoms with E-state index in [9.17, 15) is 0 Å². The van der Waals surface area contributed by atoms with Gasteiger partial charge in [0.05, 0.1) is 0 Å². The maximum atomic E-state index is 5.96. The van der Waals surface area contributed by atoms with Crippen LogP contribution in [0.25, 0.3) is 0 Å². The largest absolute Gasteiger partial charge is 0.313 e. The first-order chi connectivity index (χ1) is 8.74. The molecular formula is C15H22ClNS. The van der Waals surface area contributed by atoms with E-state index < -0.39 is 0 Å². The lowest BCUT2D eigenvalue weighted by molar-refractivity contribution is 0.312. The molecule has 3 heteroatoms. The molecule has 0 bridgehead atoms. The Hall–Kier alpha value is -0.180.